The lowest BCUT2D eigenvalue weighted by atomic mass is 10.0. The standard InChI is InChI=1S/C16H20FNO2/c1-16(2)12-18(7-9-20-16)11-14-5-6-15(17)10-13(14)4-3-8-19/h5-6,10,19H,7-9,11-12H2,1-2H3. The van der Waals surface area contributed by atoms with Gasteiger partial charge >= 0.3 is 0 Å². The van der Waals surface area contributed by atoms with Gasteiger partial charge in [-0.3, -0.25) is 4.90 Å². The van der Waals surface area contributed by atoms with E-state index in [0.717, 1.165) is 18.7 Å². The van der Waals surface area contributed by atoms with E-state index in [9.17, 15) is 4.39 Å². The lowest BCUT2D eigenvalue weighted by Gasteiger charge is -2.38. The van der Waals surface area contributed by atoms with Gasteiger partial charge in [-0.1, -0.05) is 17.9 Å². The minimum Gasteiger partial charge on any atom is -0.384 e. The van der Waals surface area contributed by atoms with Gasteiger partial charge in [0, 0.05) is 25.2 Å². The maximum Gasteiger partial charge on any atom is 0.124 e. The summed E-state index contributed by atoms with van der Waals surface area (Å²) in [7, 11) is 0. The first-order valence-electron chi connectivity index (χ1n) is 6.75. The van der Waals surface area contributed by atoms with Crippen molar-refractivity contribution in [3.63, 3.8) is 0 Å². The van der Waals surface area contributed by atoms with Gasteiger partial charge < -0.3 is 9.84 Å². The zero-order chi connectivity index (χ0) is 14.6. The molecule has 108 valence electrons. The lowest BCUT2D eigenvalue weighted by molar-refractivity contribution is -0.0882. The van der Waals surface area contributed by atoms with E-state index in [1.54, 1.807) is 6.07 Å². The molecule has 0 aromatic heterocycles. The van der Waals surface area contributed by atoms with Crippen molar-refractivity contribution in [1.29, 1.82) is 0 Å². The monoisotopic (exact) mass is 277 g/mol. The first kappa shape index (κ1) is 15.0. The van der Waals surface area contributed by atoms with Crippen molar-refractivity contribution in [1.82, 2.24) is 4.90 Å². The first-order valence-corrected chi connectivity index (χ1v) is 6.75. The van der Waals surface area contributed by atoms with Crippen LogP contribution in [0.3, 0.4) is 0 Å². The average molecular weight is 277 g/mol. The molecule has 1 aromatic rings. The summed E-state index contributed by atoms with van der Waals surface area (Å²) in [5, 5.41) is 8.78. The van der Waals surface area contributed by atoms with Gasteiger partial charge in [-0.2, -0.15) is 0 Å². The normalized spacial score (nSPS) is 18.4. The van der Waals surface area contributed by atoms with Crippen LogP contribution in [-0.2, 0) is 11.3 Å². The van der Waals surface area contributed by atoms with E-state index in [0.29, 0.717) is 18.7 Å². The Morgan fingerprint density at radius 2 is 2.25 bits per heavy atom. The van der Waals surface area contributed by atoms with Crippen LogP contribution in [0, 0.1) is 17.7 Å². The molecular formula is C16H20FNO2. The Hall–Kier alpha value is -1.41. The zero-order valence-electron chi connectivity index (χ0n) is 11.9. The van der Waals surface area contributed by atoms with Crippen molar-refractivity contribution in [3.8, 4) is 11.8 Å². The summed E-state index contributed by atoms with van der Waals surface area (Å²) in [6, 6.07) is 4.63. The van der Waals surface area contributed by atoms with Gasteiger partial charge in [0.1, 0.15) is 12.4 Å². The fourth-order valence-electron chi connectivity index (χ4n) is 2.43. The summed E-state index contributed by atoms with van der Waals surface area (Å²) >= 11 is 0. The van der Waals surface area contributed by atoms with Crippen LogP contribution in [0.15, 0.2) is 18.2 Å². The number of aliphatic hydroxyl groups is 1. The Kier molecular flexibility index (Phi) is 4.77. The highest BCUT2D eigenvalue weighted by atomic mass is 19.1. The minimum atomic E-state index is -0.307. The molecule has 0 amide bonds. The second-order valence-corrected chi connectivity index (χ2v) is 5.58. The van der Waals surface area contributed by atoms with Crippen LogP contribution < -0.4 is 0 Å². The molecule has 1 fully saturated rings. The number of aliphatic hydroxyl groups excluding tert-OH is 1. The van der Waals surface area contributed by atoms with E-state index in [1.165, 1.54) is 12.1 Å². The number of halogens is 1. The zero-order valence-corrected chi connectivity index (χ0v) is 11.9. The van der Waals surface area contributed by atoms with Gasteiger partial charge in [-0.25, -0.2) is 4.39 Å². The van der Waals surface area contributed by atoms with Crippen molar-refractivity contribution in [2.75, 3.05) is 26.3 Å². The molecule has 0 radical (unpaired) electrons. The van der Waals surface area contributed by atoms with E-state index in [2.05, 4.69) is 30.6 Å². The largest absolute Gasteiger partial charge is 0.384 e. The molecule has 1 saturated heterocycles. The van der Waals surface area contributed by atoms with Crippen molar-refractivity contribution in [2.24, 2.45) is 0 Å². The van der Waals surface area contributed by atoms with E-state index in [1.807, 2.05) is 0 Å². The second-order valence-electron chi connectivity index (χ2n) is 5.58. The maximum atomic E-state index is 13.3. The predicted molar refractivity (Wildman–Crippen MR) is 75.7 cm³/mol. The van der Waals surface area contributed by atoms with E-state index >= 15 is 0 Å². The van der Waals surface area contributed by atoms with Crippen LogP contribution in [-0.4, -0.2) is 41.9 Å². The van der Waals surface area contributed by atoms with Crippen molar-refractivity contribution in [3.05, 3.63) is 35.1 Å². The molecule has 1 aromatic carbocycles. The molecule has 1 N–H and O–H groups in total. The van der Waals surface area contributed by atoms with Crippen LogP contribution in [0.5, 0.6) is 0 Å². The molecule has 20 heavy (non-hydrogen) atoms. The molecule has 0 bridgehead atoms. The SMILES string of the molecule is CC1(C)CN(Cc2ccc(F)cc2C#CCO)CCO1. The first-order chi connectivity index (χ1) is 9.50. The number of hydrogen-bond donors (Lipinski definition) is 1. The molecule has 3 nitrogen and oxygen atoms in total. The van der Waals surface area contributed by atoms with Crippen LogP contribution in [0.4, 0.5) is 4.39 Å². The third kappa shape index (κ3) is 4.04. The number of rotatable bonds is 2. The molecule has 4 heteroatoms. The smallest absolute Gasteiger partial charge is 0.124 e. The quantitative estimate of drug-likeness (QED) is 0.836. The van der Waals surface area contributed by atoms with Crippen LogP contribution in [0.25, 0.3) is 0 Å². The number of benzene rings is 1. The van der Waals surface area contributed by atoms with E-state index < -0.39 is 0 Å². The molecule has 2 rings (SSSR count). The number of morpholine rings is 1. The average Bonchev–Trinajstić information content (AvgIpc) is 2.38. The molecule has 1 heterocycles. The van der Waals surface area contributed by atoms with E-state index in [-0.39, 0.29) is 18.0 Å². The van der Waals surface area contributed by atoms with E-state index in [4.69, 9.17) is 9.84 Å². The molecule has 0 atom stereocenters. The van der Waals surface area contributed by atoms with Gasteiger partial charge in [-0.05, 0) is 31.5 Å². The van der Waals surface area contributed by atoms with Crippen molar-refractivity contribution < 1.29 is 14.2 Å². The Morgan fingerprint density at radius 3 is 2.95 bits per heavy atom. The summed E-state index contributed by atoms with van der Waals surface area (Å²) < 4.78 is 19.0. The molecule has 0 unspecified atom stereocenters. The fourth-order valence-corrected chi connectivity index (χ4v) is 2.43. The number of nitrogens with zero attached hydrogens (tertiary/aromatic N) is 1. The van der Waals surface area contributed by atoms with Gasteiger partial charge in [0.15, 0.2) is 0 Å². The molecule has 1 aliphatic heterocycles. The van der Waals surface area contributed by atoms with Crippen molar-refractivity contribution in [2.45, 2.75) is 26.0 Å². The highest BCUT2D eigenvalue weighted by molar-refractivity contribution is 5.41. The number of hydrogen-bond acceptors (Lipinski definition) is 3. The summed E-state index contributed by atoms with van der Waals surface area (Å²) in [4.78, 5) is 2.28. The highest BCUT2D eigenvalue weighted by Crippen LogP contribution is 2.20. The molecule has 0 spiro atoms. The van der Waals surface area contributed by atoms with Gasteiger partial charge in [0.25, 0.3) is 0 Å². The number of ether oxygens (including phenoxy) is 1. The van der Waals surface area contributed by atoms with Crippen molar-refractivity contribution >= 4 is 0 Å². The Balaban J connectivity index is 2.16. The molecular weight excluding hydrogens is 257 g/mol. The third-order valence-electron chi connectivity index (χ3n) is 3.27. The molecule has 0 saturated carbocycles. The molecule has 1 aliphatic rings. The summed E-state index contributed by atoms with van der Waals surface area (Å²) in [6.07, 6.45) is 0. The van der Waals surface area contributed by atoms with Crippen LogP contribution in [0.1, 0.15) is 25.0 Å². The van der Waals surface area contributed by atoms with Gasteiger partial charge in [0.05, 0.1) is 12.2 Å². The minimum absolute atomic E-state index is 0.158. The highest BCUT2D eigenvalue weighted by Gasteiger charge is 2.27. The van der Waals surface area contributed by atoms with Crippen LogP contribution >= 0.6 is 0 Å². The summed E-state index contributed by atoms with van der Waals surface area (Å²) in [5.74, 6) is 5.09. The van der Waals surface area contributed by atoms with Gasteiger partial charge in [0.2, 0.25) is 0 Å². The van der Waals surface area contributed by atoms with Gasteiger partial charge in [-0.15, -0.1) is 0 Å². The predicted octanol–water partition coefficient (Wildman–Crippen LogP) is 1.78. The third-order valence-corrected chi connectivity index (χ3v) is 3.27. The second kappa shape index (κ2) is 6.36. The summed E-state index contributed by atoms with van der Waals surface area (Å²) in [6.45, 7) is 7.01. The fraction of sp³-hybridized carbons (Fsp3) is 0.500. The Bertz CT molecular complexity index is 531. The molecule has 0 aliphatic carbocycles. The lowest BCUT2D eigenvalue weighted by Crippen LogP contribution is -2.47. The summed E-state index contributed by atoms with van der Waals surface area (Å²) in [5.41, 5.74) is 1.46. The topological polar surface area (TPSA) is 32.7 Å². The Morgan fingerprint density at radius 1 is 1.45 bits per heavy atom. The van der Waals surface area contributed by atoms with Crippen LogP contribution in [0.2, 0.25) is 0 Å². The Labute approximate surface area is 119 Å². The maximum absolute atomic E-state index is 13.3.